The molecule has 2 heterocycles. The Morgan fingerprint density at radius 2 is 2.10 bits per heavy atom. The zero-order chi connectivity index (χ0) is 20.5. The standard InChI is InChI=1S/C22H20FNO5/c1-12-8-13(2-5-18(12)23)20-16-4-3-15(25)9-17(16)22(29-11-19(26)27)24-21(20)14-6-7-28-10-14/h2-5,8-9,14,25H,6-7,10-11H2,1H3,(H,26,27). The van der Waals surface area contributed by atoms with Crippen LogP contribution in [0.1, 0.15) is 23.6 Å². The maximum atomic E-state index is 13.9. The molecule has 2 N–H and O–H groups in total. The Balaban J connectivity index is 2.00. The molecule has 1 aliphatic rings. The quantitative estimate of drug-likeness (QED) is 0.676. The SMILES string of the molecule is Cc1cc(-c2c(C3CCOC3)nc(OCC(=O)O)c3cc(O)ccc23)ccc1F. The van der Waals surface area contributed by atoms with Gasteiger partial charge >= 0.3 is 5.97 Å². The lowest BCUT2D eigenvalue weighted by Gasteiger charge is -2.19. The number of aliphatic carboxylic acids is 1. The number of hydrogen-bond donors (Lipinski definition) is 2. The van der Waals surface area contributed by atoms with E-state index in [0.717, 1.165) is 22.9 Å². The highest BCUT2D eigenvalue weighted by molar-refractivity contribution is 6.01. The highest BCUT2D eigenvalue weighted by Gasteiger charge is 2.27. The van der Waals surface area contributed by atoms with Crippen molar-refractivity contribution in [1.29, 1.82) is 0 Å². The molecule has 0 bridgehead atoms. The van der Waals surface area contributed by atoms with E-state index in [2.05, 4.69) is 4.98 Å². The van der Waals surface area contributed by atoms with E-state index in [1.807, 2.05) is 0 Å². The third-order valence-corrected chi connectivity index (χ3v) is 5.08. The van der Waals surface area contributed by atoms with Crippen LogP contribution in [-0.2, 0) is 9.53 Å². The van der Waals surface area contributed by atoms with Gasteiger partial charge in [-0.25, -0.2) is 14.2 Å². The molecule has 2 aromatic carbocycles. The van der Waals surface area contributed by atoms with E-state index >= 15 is 0 Å². The van der Waals surface area contributed by atoms with Gasteiger partial charge in [-0.05, 0) is 60.2 Å². The number of nitrogens with zero attached hydrogens (tertiary/aromatic N) is 1. The molecule has 0 spiro atoms. The number of halogens is 1. The number of phenolic OH excluding ortho intramolecular Hbond substituents is 1. The Bertz CT molecular complexity index is 1090. The Morgan fingerprint density at radius 3 is 2.79 bits per heavy atom. The molecule has 1 unspecified atom stereocenters. The van der Waals surface area contributed by atoms with E-state index < -0.39 is 12.6 Å². The van der Waals surface area contributed by atoms with Gasteiger partial charge in [-0.15, -0.1) is 0 Å². The molecule has 150 valence electrons. The van der Waals surface area contributed by atoms with Crippen molar-refractivity contribution in [3.05, 3.63) is 53.5 Å². The Hall–Kier alpha value is -3.19. The summed E-state index contributed by atoms with van der Waals surface area (Å²) in [6.45, 7) is 2.24. The summed E-state index contributed by atoms with van der Waals surface area (Å²) in [7, 11) is 0. The molecule has 0 radical (unpaired) electrons. The van der Waals surface area contributed by atoms with Gasteiger partial charge in [-0.3, -0.25) is 0 Å². The molecule has 0 amide bonds. The fourth-order valence-corrected chi connectivity index (χ4v) is 3.68. The van der Waals surface area contributed by atoms with Gasteiger partial charge in [-0.2, -0.15) is 0 Å². The molecule has 4 rings (SSSR count). The number of ether oxygens (including phenoxy) is 2. The van der Waals surface area contributed by atoms with Crippen LogP contribution in [0.5, 0.6) is 11.6 Å². The molecule has 0 aliphatic carbocycles. The summed E-state index contributed by atoms with van der Waals surface area (Å²) in [6, 6.07) is 9.67. The van der Waals surface area contributed by atoms with E-state index in [0.29, 0.717) is 29.9 Å². The van der Waals surface area contributed by atoms with E-state index in [9.17, 15) is 14.3 Å². The number of phenols is 1. The van der Waals surface area contributed by atoms with Crippen molar-refractivity contribution in [3.8, 4) is 22.8 Å². The second-order valence-electron chi connectivity index (χ2n) is 7.11. The van der Waals surface area contributed by atoms with Crippen LogP contribution in [0.25, 0.3) is 21.9 Å². The van der Waals surface area contributed by atoms with E-state index in [1.54, 1.807) is 31.2 Å². The number of carboxylic acids is 1. The van der Waals surface area contributed by atoms with Crippen molar-refractivity contribution in [2.45, 2.75) is 19.3 Å². The van der Waals surface area contributed by atoms with Crippen LogP contribution in [0, 0.1) is 12.7 Å². The monoisotopic (exact) mass is 397 g/mol. The smallest absolute Gasteiger partial charge is 0.341 e. The lowest BCUT2D eigenvalue weighted by atomic mass is 9.90. The first-order valence-electron chi connectivity index (χ1n) is 9.29. The average molecular weight is 397 g/mol. The van der Waals surface area contributed by atoms with Crippen molar-refractivity contribution in [1.82, 2.24) is 4.98 Å². The van der Waals surface area contributed by atoms with E-state index in [-0.39, 0.29) is 23.4 Å². The number of rotatable bonds is 5. The third-order valence-electron chi connectivity index (χ3n) is 5.08. The van der Waals surface area contributed by atoms with Gasteiger partial charge < -0.3 is 19.7 Å². The fourth-order valence-electron chi connectivity index (χ4n) is 3.68. The lowest BCUT2D eigenvalue weighted by Crippen LogP contribution is -2.13. The van der Waals surface area contributed by atoms with Crippen molar-refractivity contribution in [3.63, 3.8) is 0 Å². The maximum absolute atomic E-state index is 13.9. The summed E-state index contributed by atoms with van der Waals surface area (Å²) in [6.07, 6.45) is 0.766. The molecule has 1 fully saturated rings. The number of carboxylic acid groups (broad SMARTS) is 1. The van der Waals surface area contributed by atoms with Crippen LogP contribution in [-0.4, -0.2) is 41.0 Å². The number of aromatic hydroxyl groups is 1. The molecule has 6 nitrogen and oxygen atoms in total. The fraction of sp³-hybridized carbons (Fsp3) is 0.273. The Kier molecular flexibility index (Phi) is 5.07. The first kappa shape index (κ1) is 19.1. The van der Waals surface area contributed by atoms with Gasteiger partial charge in [0.15, 0.2) is 6.61 Å². The van der Waals surface area contributed by atoms with Crippen LogP contribution in [0.15, 0.2) is 36.4 Å². The first-order valence-corrected chi connectivity index (χ1v) is 9.29. The van der Waals surface area contributed by atoms with Gasteiger partial charge in [-0.1, -0.05) is 6.07 Å². The van der Waals surface area contributed by atoms with Gasteiger partial charge in [0.05, 0.1) is 12.3 Å². The van der Waals surface area contributed by atoms with Crippen molar-refractivity contribution in [2.24, 2.45) is 0 Å². The zero-order valence-electron chi connectivity index (χ0n) is 15.8. The number of aryl methyl sites for hydroxylation is 1. The van der Waals surface area contributed by atoms with Crippen LogP contribution < -0.4 is 4.74 Å². The molecule has 7 heteroatoms. The van der Waals surface area contributed by atoms with Crippen molar-refractivity contribution < 1.29 is 28.9 Å². The largest absolute Gasteiger partial charge is 0.508 e. The lowest BCUT2D eigenvalue weighted by molar-refractivity contribution is -0.139. The minimum Gasteiger partial charge on any atom is -0.508 e. The normalized spacial score (nSPS) is 16.3. The van der Waals surface area contributed by atoms with Crippen molar-refractivity contribution in [2.75, 3.05) is 19.8 Å². The summed E-state index contributed by atoms with van der Waals surface area (Å²) >= 11 is 0. The Labute approximate surface area is 166 Å². The number of hydrogen-bond acceptors (Lipinski definition) is 5. The molecule has 1 atom stereocenters. The third kappa shape index (κ3) is 3.73. The summed E-state index contributed by atoms with van der Waals surface area (Å²) in [5.41, 5.74) is 2.82. The summed E-state index contributed by atoms with van der Waals surface area (Å²) < 4.78 is 24.9. The molecule has 1 aliphatic heterocycles. The predicted molar refractivity (Wildman–Crippen MR) is 105 cm³/mol. The molecule has 29 heavy (non-hydrogen) atoms. The van der Waals surface area contributed by atoms with Gasteiger partial charge in [0, 0.05) is 23.5 Å². The van der Waals surface area contributed by atoms with Gasteiger partial charge in [0.1, 0.15) is 11.6 Å². The van der Waals surface area contributed by atoms with E-state index in [4.69, 9.17) is 14.6 Å². The number of pyridine rings is 1. The summed E-state index contributed by atoms with van der Waals surface area (Å²) in [4.78, 5) is 15.7. The van der Waals surface area contributed by atoms with Crippen LogP contribution in [0.3, 0.4) is 0 Å². The number of aromatic nitrogens is 1. The van der Waals surface area contributed by atoms with Crippen molar-refractivity contribution >= 4 is 16.7 Å². The zero-order valence-corrected chi connectivity index (χ0v) is 15.8. The summed E-state index contributed by atoms with van der Waals surface area (Å²) in [5, 5.41) is 20.2. The van der Waals surface area contributed by atoms with Crippen LogP contribution in [0.2, 0.25) is 0 Å². The molecule has 3 aromatic rings. The van der Waals surface area contributed by atoms with Gasteiger partial charge in [0.25, 0.3) is 0 Å². The number of benzene rings is 2. The number of carbonyl (C=O) groups is 1. The predicted octanol–water partition coefficient (Wildman–Crippen LogP) is 4.02. The highest BCUT2D eigenvalue weighted by Crippen LogP contribution is 2.42. The second kappa shape index (κ2) is 7.67. The average Bonchev–Trinajstić information content (AvgIpc) is 3.22. The molecule has 1 aromatic heterocycles. The Morgan fingerprint density at radius 1 is 1.28 bits per heavy atom. The molecular weight excluding hydrogens is 377 g/mol. The molecular formula is C22H20FNO5. The highest BCUT2D eigenvalue weighted by atomic mass is 19.1. The topological polar surface area (TPSA) is 88.9 Å². The molecule has 0 saturated carbocycles. The maximum Gasteiger partial charge on any atom is 0.341 e. The van der Waals surface area contributed by atoms with Crippen LogP contribution in [0.4, 0.5) is 4.39 Å². The first-order chi connectivity index (χ1) is 13.9. The number of fused-ring (bicyclic) bond motifs is 1. The van der Waals surface area contributed by atoms with Gasteiger partial charge in [0.2, 0.25) is 5.88 Å². The molecule has 1 saturated heterocycles. The minimum atomic E-state index is -1.12. The minimum absolute atomic E-state index is 0.000685. The van der Waals surface area contributed by atoms with E-state index in [1.165, 1.54) is 12.1 Å². The van der Waals surface area contributed by atoms with Crippen LogP contribution >= 0.6 is 0 Å². The second-order valence-corrected chi connectivity index (χ2v) is 7.11. The summed E-state index contributed by atoms with van der Waals surface area (Å²) in [5.74, 6) is -1.26.